The fourth-order valence-electron chi connectivity index (χ4n) is 3.40. The van der Waals surface area contributed by atoms with E-state index in [0.717, 1.165) is 16.5 Å². The van der Waals surface area contributed by atoms with Crippen LogP contribution in [0.4, 0.5) is 0 Å². The SMILES string of the molecule is CCNC(=O)c1c(CC)nc2c(C(=O)NCc3ccc4[nH]ncc4c3)cccn12. The molecule has 4 rings (SSSR count). The van der Waals surface area contributed by atoms with Crippen molar-refractivity contribution >= 4 is 28.4 Å². The summed E-state index contributed by atoms with van der Waals surface area (Å²) >= 11 is 0. The molecule has 3 N–H and O–H groups in total. The van der Waals surface area contributed by atoms with Gasteiger partial charge in [0, 0.05) is 24.7 Å². The summed E-state index contributed by atoms with van der Waals surface area (Å²) in [5.41, 5.74) is 3.98. The van der Waals surface area contributed by atoms with Crippen molar-refractivity contribution in [3.05, 3.63) is 65.2 Å². The largest absolute Gasteiger partial charge is 0.351 e. The van der Waals surface area contributed by atoms with E-state index in [-0.39, 0.29) is 11.8 Å². The van der Waals surface area contributed by atoms with Gasteiger partial charge in [0.15, 0.2) is 5.65 Å². The number of nitrogens with one attached hydrogen (secondary N) is 3. The van der Waals surface area contributed by atoms with E-state index in [1.165, 1.54) is 0 Å². The summed E-state index contributed by atoms with van der Waals surface area (Å²) in [5.74, 6) is -0.430. The number of nitrogens with zero attached hydrogens (tertiary/aromatic N) is 3. The van der Waals surface area contributed by atoms with E-state index >= 15 is 0 Å². The van der Waals surface area contributed by atoms with Crippen molar-refractivity contribution in [1.29, 1.82) is 0 Å². The maximum atomic E-state index is 12.9. The number of aromatic nitrogens is 4. The molecule has 4 aromatic rings. The van der Waals surface area contributed by atoms with Crippen LogP contribution in [0.15, 0.2) is 42.7 Å². The van der Waals surface area contributed by atoms with Gasteiger partial charge < -0.3 is 10.6 Å². The molecule has 0 aliphatic rings. The monoisotopic (exact) mass is 390 g/mol. The molecule has 0 radical (unpaired) electrons. The highest BCUT2D eigenvalue weighted by Gasteiger charge is 2.21. The lowest BCUT2D eigenvalue weighted by molar-refractivity contribution is 0.0940. The Morgan fingerprint density at radius 2 is 2.00 bits per heavy atom. The maximum absolute atomic E-state index is 12.9. The number of pyridine rings is 1. The van der Waals surface area contributed by atoms with E-state index in [1.54, 1.807) is 28.9 Å². The van der Waals surface area contributed by atoms with E-state index < -0.39 is 0 Å². The Kier molecular flexibility index (Phi) is 4.99. The Bertz CT molecular complexity index is 1210. The van der Waals surface area contributed by atoms with Crippen LogP contribution >= 0.6 is 0 Å². The molecule has 8 nitrogen and oxygen atoms in total. The summed E-state index contributed by atoms with van der Waals surface area (Å²) in [6, 6.07) is 9.34. The standard InChI is InChI=1S/C21H22N6O2/c1-3-16-18(21(29)22-4-2)27-9-5-6-15(19(27)25-16)20(28)23-11-13-7-8-17-14(10-13)12-24-26-17/h5-10,12H,3-4,11H2,1-2H3,(H,22,29)(H,23,28)(H,24,26). The molecule has 0 aliphatic heterocycles. The summed E-state index contributed by atoms with van der Waals surface area (Å²) in [6.45, 7) is 4.71. The number of fused-ring (bicyclic) bond motifs is 2. The van der Waals surface area contributed by atoms with E-state index in [0.29, 0.717) is 42.1 Å². The van der Waals surface area contributed by atoms with Gasteiger partial charge in [-0.15, -0.1) is 0 Å². The van der Waals surface area contributed by atoms with Gasteiger partial charge in [0.1, 0.15) is 5.69 Å². The minimum Gasteiger partial charge on any atom is -0.351 e. The van der Waals surface area contributed by atoms with Gasteiger partial charge in [-0.25, -0.2) is 4.98 Å². The van der Waals surface area contributed by atoms with E-state index in [4.69, 9.17) is 0 Å². The van der Waals surface area contributed by atoms with Crippen LogP contribution in [0.2, 0.25) is 0 Å². The fraction of sp³-hybridized carbons (Fsp3) is 0.238. The molecule has 29 heavy (non-hydrogen) atoms. The molecule has 0 aliphatic carbocycles. The van der Waals surface area contributed by atoms with Crippen LogP contribution in [0, 0.1) is 0 Å². The minimum absolute atomic E-state index is 0.192. The van der Waals surface area contributed by atoms with Crippen molar-refractivity contribution in [2.75, 3.05) is 6.54 Å². The third kappa shape index (κ3) is 3.44. The van der Waals surface area contributed by atoms with Gasteiger partial charge >= 0.3 is 0 Å². The second-order valence-electron chi connectivity index (χ2n) is 6.71. The van der Waals surface area contributed by atoms with Crippen LogP contribution in [0.1, 0.15) is 46.0 Å². The predicted octanol–water partition coefficient (Wildman–Crippen LogP) is 2.45. The van der Waals surface area contributed by atoms with Gasteiger partial charge in [0.05, 0.1) is 23.0 Å². The molecule has 0 bridgehead atoms. The Morgan fingerprint density at radius 1 is 1.14 bits per heavy atom. The minimum atomic E-state index is -0.238. The Balaban J connectivity index is 1.62. The highest BCUT2D eigenvalue weighted by molar-refractivity contribution is 6.01. The third-order valence-electron chi connectivity index (χ3n) is 4.81. The van der Waals surface area contributed by atoms with Crippen molar-refractivity contribution in [3.63, 3.8) is 0 Å². The second kappa shape index (κ2) is 7.75. The highest BCUT2D eigenvalue weighted by Crippen LogP contribution is 2.18. The van der Waals surface area contributed by atoms with Gasteiger partial charge in [0.25, 0.3) is 11.8 Å². The highest BCUT2D eigenvalue weighted by atomic mass is 16.2. The topological polar surface area (TPSA) is 104 Å². The van der Waals surface area contributed by atoms with Crippen LogP contribution in [0.3, 0.4) is 0 Å². The summed E-state index contributed by atoms with van der Waals surface area (Å²) in [4.78, 5) is 29.9. The zero-order chi connectivity index (χ0) is 20.4. The predicted molar refractivity (Wildman–Crippen MR) is 110 cm³/mol. The molecule has 8 heteroatoms. The van der Waals surface area contributed by atoms with Crippen molar-refractivity contribution in [1.82, 2.24) is 30.2 Å². The van der Waals surface area contributed by atoms with Crippen LogP contribution in [-0.4, -0.2) is 37.9 Å². The van der Waals surface area contributed by atoms with Gasteiger partial charge in [0.2, 0.25) is 0 Å². The molecular weight excluding hydrogens is 368 g/mol. The lowest BCUT2D eigenvalue weighted by Crippen LogP contribution is -2.26. The quantitative estimate of drug-likeness (QED) is 0.470. The molecule has 148 valence electrons. The number of hydrogen-bond donors (Lipinski definition) is 3. The zero-order valence-corrected chi connectivity index (χ0v) is 16.3. The number of benzene rings is 1. The first-order valence-corrected chi connectivity index (χ1v) is 9.60. The normalized spacial score (nSPS) is 11.1. The van der Waals surface area contributed by atoms with Crippen molar-refractivity contribution < 1.29 is 9.59 Å². The van der Waals surface area contributed by atoms with E-state index in [9.17, 15) is 9.59 Å². The second-order valence-corrected chi connectivity index (χ2v) is 6.71. The molecule has 0 atom stereocenters. The molecule has 0 unspecified atom stereocenters. The van der Waals surface area contributed by atoms with E-state index in [2.05, 4.69) is 25.8 Å². The number of aryl methyl sites for hydroxylation is 1. The Labute approximate surface area is 167 Å². The van der Waals surface area contributed by atoms with Crippen molar-refractivity contribution in [3.8, 4) is 0 Å². The van der Waals surface area contributed by atoms with Crippen molar-refractivity contribution in [2.24, 2.45) is 0 Å². The molecule has 0 spiro atoms. The number of H-pyrrole nitrogens is 1. The van der Waals surface area contributed by atoms with Gasteiger partial charge in [-0.1, -0.05) is 13.0 Å². The summed E-state index contributed by atoms with van der Waals surface area (Å²) in [6.07, 6.45) is 4.11. The number of imidazole rings is 1. The van der Waals surface area contributed by atoms with Crippen LogP contribution in [0.5, 0.6) is 0 Å². The number of hydrogen-bond acceptors (Lipinski definition) is 4. The number of amides is 2. The Hall–Kier alpha value is -3.68. The average Bonchev–Trinajstić information content (AvgIpc) is 3.35. The summed E-state index contributed by atoms with van der Waals surface area (Å²) in [5, 5.41) is 13.7. The van der Waals surface area contributed by atoms with Gasteiger partial charge in [-0.2, -0.15) is 5.10 Å². The molecule has 3 aromatic heterocycles. The number of rotatable bonds is 6. The Morgan fingerprint density at radius 3 is 2.79 bits per heavy atom. The number of aromatic amines is 1. The smallest absolute Gasteiger partial charge is 0.270 e. The molecule has 0 fully saturated rings. The molecule has 1 aromatic carbocycles. The van der Waals surface area contributed by atoms with Crippen LogP contribution in [-0.2, 0) is 13.0 Å². The number of carbonyl (C=O) groups excluding carboxylic acids is 2. The lowest BCUT2D eigenvalue weighted by atomic mass is 10.1. The number of carbonyl (C=O) groups is 2. The first-order valence-electron chi connectivity index (χ1n) is 9.60. The van der Waals surface area contributed by atoms with Crippen molar-refractivity contribution in [2.45, 2.75) is 26.8 Å². The average molecular weight is 390 g/mol. The maximum Gasteiger partial charge on any atom is 0.270 e. The van der Waals surface area contributed by atoms with Crippen LogP contribution in [0.25, 0.3) is 16.6 Å². The molecule has 0 saturated heterocycles. The summed E-state index contributed by atoms with van der Waals surface area (Å²) < 4.78 is 1.69. The summed E-state index contributed by atoms with van der Waals surface area (Å²) in [7, 11) is 0. The first kappa shape index (κ1) is 18.7. The zero-order valence-electron chi connectivity index (χ0n) is 16.3. The van der Waals surface area contributed by atoms with E-state index in [1.807, 2.05) is 32.0 Å². The molecular formula is C21H22N6O2. The van der Waals surface area contributed by atoms with Gasteiger partial charge in [-0.05, 0) is 43.2 Å². The molecule has 0 saturated carbocycles. The molecule has 2 amide bonds. The van der Waals surface area contributed by atoms with Gasteiger partial charge in [-0.3, -0.25) is 19.1 Å². The van der Waals surface area contributed by atoms with Crippen LogP contribution < -0.4 is 10.6 Å². The molecule has 3 heterocycles. The first-order chi connectivity index (χ1) is 14.1. The lowest BCUT2D eigenvalue weighted by Gasteiger charge is -2.08. The fourth-order valence-corrected chi connectivity index (χ4v) is 3.40. The third-order valence-corrected chi connectivity index (χ3v) is 4.81.